The van der Waals surface area contributed by atoms with E-state index in [4.69, 9.17) is 14.7 Å². The third-order valence-corrected chi connectivity index (χ3v) is 3.64. The minimum atomic E-state index is -0.644. The van der Waals surface area contributed by atoms with E-state index in [1.165, 1.54) is 0 Å². The van der Waals surface area contributed by atoms with Crippen molar-refractivity contribution >= 4 is 11.9 Å². The van der Waals surface area contributed by atoms with Gasteiger partial charge in [-0.05, 0) is 26.8 Å². The molecule has 2 aromatic rings. The van der Waals surface area contributed by atoms with Crippen LogP contribution >= 0.6 is 0 Å². The van der Waals surface area contributed by atoms with Crippen molar-refractivity contribution in [3.63, 3.8) is 0 Å². The summed E-state index contributed by atoms with van der Waals surface area (Å²) in [6, 6.07) is 5.37. The van der Waals surface area contributed by atoms with Gasteiger partial charge in [0.2, 0.25) is 0 Å². The van der Waals surface area contributed by atoms with Gasteiger partial charge in [0.15, 0.2) is 0 Å². The van der Waals surface area contributed by atoms with Crippen LogP contribution in [0.15, 0.2) is 24.5 Å². The highest BCUT2D eigenvalue weighted by Crippen LogP contribution is 2.32. The molecule has 2 aromatic heterocycles. The van der Waals surface area contributed by atoms with Crippen molar-refractivity contribution in [3.05, 3.63) is 47.0 Å². The molecule has 0 saturated carbocycles. The largest absolute Gasteiger partial charge is 0.462 e. The van der Waals surface area contributed by atoms with E-state index in [0.717, 1.165) is 0 Å². The van der Waals surface area contributed by atoms with Gasteiger partial charge in [-0.2, -0.15) is 5.26 Å². The van der Waals surface area contributed by atoms with Crippen LogP contribution in [0.1, 0.15) is 45.4 Å². The van der Waals surface area contributed by atoms with E-state index < -0.39 is 11.9 Å². The molecule has 0 aliphatic rings. The number of nitrogens with zero attached hydrogens (tertiary/aromatic N) is 3. The molecule has 7 heteroatoms. The number of aryl methyl sites for hydroxylation is 2. The molecule has 0 aromatic carbocycles. The first-order chi connectivity index (χ1) is 12.5. The second kappa shape index (κ2) is 8.72. The van der Waals surface area contributed by atoms with Gasteiger partial charge in [-0.3, -0.25) is 9.97 Å². The first-order valence-corrected chi connectivity index (χ1v) is 8.14. The van der Waals surface area contributed by atoms with Crippen molar-refractivity contribution < 1.29 is 19.1 Å². The smallest absolute Gasteiger partial charge is 0.340 e. The van der Waals surface area contributed by atoms with Crippen molar-refractivity contribution in [1.29, 1.82) is 5.26 Å². The van der Waals surface area contributed by atoms with Crippen molar-refractivity contribution in [1.82, 2.24) is 9.97 Å². The molecule has 0 spiro atoms. The molecule has 0 fully saturated rings. The zero-order valence-corrected chi connectivity index (χ0v) is 14.9. The van der Waals surface area contributed by atoms with Crippen LogP contribution in [-0.4, -0.2) is 35.1 Å². The monoisotopic (exact) mass is 353 g/mol. The maximum Gasteiger partial charge on any atom is 0.340 e. The molecule has 0 atom stereocenters. The second-order valence-corrected chi connectivity index (χ2v) is 5.41. The Bertz CT molecular complexity index is 857. The molecular formula is C19H19N3O4. The van der Waals surface area contributed by atoms with Gasteiger partial charge in [-0.15, -0.1) is 0 Å². The summed E-state index contributed by atoms with van der Waals surface area (Å²) in [6.07, 6.45) is 3.24. The number of esters is 2. The van der Waals surface area contributed by atoms with E-state index >= 15 is 0 Å². The van der Waals surface area contributed by atoms with Crippen molar-refractivity contribution in [2.75, 3.05) is 13.2 Å². The van der Waals surface area contributed by atoms with Crippen LogP contribution in [0.3, 0.4) is 0 Å². The summed E-state index contributed by atoms with van der Waals surface area (Å²) in [5.41, 5.74) is 2.21. The number of pyridine rings is 2. The van der Waals surface area contributed by atoms with Gasteiger partial charge < -0.3 is 9.47 Å². The lowest BCUT2D eigenvalue weighted by molar-refractivity contribution is 0.0513. The van der Waals surface area contributed by atoms with Crippen LogP contribution in [0.25, 0.3) is 11.1 Å². The molecule has 26 heavy (non-hydrogen) atoms. The molecule has 2 heterocycles. The summed E-state index contributed by atoms with van der Waals surface area (Å²) >= 11 is 0. The number of carbonyl (C=O) groups is 2. The highest BCUT2D eigenvalue weighted by molar-refractivity contribution is 6.07. The van der Waals surface area contributed by atoms with Crippen LogP contribution in [0.5, 0.6) is 0 Å². The lowest BCUT2D eigenvalue weighted by Gasteiger charge is -2.17. The number of rotatable bonds is 6. The molecule has 2 rings (SSSR count). The maximum atomic E-state index is 12.6. The van der Waals surface area contributed by atoms with E-state index in [1.54, 1.807) is 45.3 Å². The fourth-order valence-corrected chi connectivity index (χ4v) is 2.61. The van der Waals surface area contributed by atoms with Gasteiger partial charge in [-0.1, -0.05) is 6.07 Å². The molecular weight excluding hydrogens is 334 g/mol. The van der Waals surface area contributed by atoms with Crippen LogP contribution in [0.4, 0.5) is 0 Å². The highest BCUT2D eigenvalue weighted by Gasteiger charge is 2.27. The fourth-order valence-electron chi connectivity index (χ4n) is 2.61. The summed E-state index contributed by atoms with van der Waals surface area (Å²) in [7, 11) is 0. The first-order valence-electron chi connectivity index (χ1n) is 8.14. The summed E-state index contributed by atoms with van der Waals surface area (Å²) in [4.78, 5) is 33.6. The third kappa shape index (κ3) is 4.03. The van der Waals surface area contributed by atoms with Crippen LogP contribution in [0, 0.1) is 25.2 Å². The van der Waals surface area contributed by atoms with Gasteiger partial charge in [0.05, 0.1) is 41.6 Å². The third-order valence-electron chi connectivity index (χ3n) is 3.64. The Hall–Kier alpha value is -3.27. The number of ether oxygens (including phenoxy) is 2. The number of nitriles is 1. The number of carbonyl (C=O) groups excluding carboxylic acids is 2. The normalized spacial score (nSPS) is 10.1. The van der Waals surface area contributed by atoms with E-state index in [-0.39, 0.29) is 30.8 Å². The quantitative estimate of drug-likeness (QED) is 0.581. The number of hydrogen-bond acceptors (Lipinski definition) is 7. The average molecular weight is 353 g/mol. The maximum absolute atomic E-state index is 12.6. The molecule has 134 valence electrons. The summed E-state index contributed by atoms with van der Waals surface area (Å²) < 4.78 is 10.3. The Morgan fingerprint density at radius 3 is 2.35 bits per heavy atom. The van der Waals surface area contributed by atoms with E-state index in [1.807, 2.05) is 6.07 Å². The molecule has 0 unspecified atom stereocenters. The van der Waals surface area contributed by atoms with Gasteiger partial charge in [0, 0.05) is 23.5 Å². The summed E-state index contributed by atoms with van der Waals surface area (Å²) in [5.74, 6) is -1.21. The van der Waals surface area contributed by atoms with Crippen LogP contribution in [-0.2, 0) is 9.47 Å². The average Bonchev–Trinajstić information content (AvgIpc) is 2.62. The molecule has 0 radical (unpaired) electrons. The van der Waals surface area contributed by atoms with Crippen LogP contribution < -0.4 is 0 Å². The Morgan fingerprint density at radius 2 is 1.81 bits per heavy atom. The highest BCUT2D eigenvalue weighted by atomic mass is 16.5. The summed E-state index contributed by atoms with van der Waals surface area (Å²) in [5, 5.41) is 8.63. The SMILES string of the molecule is CCOC(=O)c1c(C)nc(C)c(C(=O)OCCC#N)c1-c1cccnc1. The van der Waals surface area contributed by atoms with Gasteiger partial charge in [0.1, 0.15) is 6.61 Å². The lowest BCUT2D eigenvalue weighted by atomic mass is 9.93. The molecule has 7 nitrogen and oxygen atoms in total. The fraction of sp³-hybridized carbons (Fsp3) is 0.316. The van der Waals surface area contributed by atoms with Crippen molar-refractivity contribution in [3.8, 4) is 17.2 Å². The number of aromatic nitrogens is 2. The van der Waals surface area contributed by atoms with Crippen molar-refractivity contribution in [2.45, 2.75) is 27.2 Å². The topological polar surface area (TPSA) is 102 Å². The molecule has 0 aliphatic carbocycles. The Kier molecular flexibility index (Phi) is 6.39. The van der Waals surface area contributed by atoms with E-state index in [0.29, 0.717) is 22.5 Å². The van der Waals surface area contributed by atoms with Crippen molar-refractivity contribution in [2.24, 2.45) is 0 Å². The van der Waals surface area contributed by atoms with Gasteiger partial charge in [0.25, 0.3) is 0 Å². The summed E-state index contributed by atoms with van der Waals surface area (Å²) in [6.45, 7) is 5.21. The predicted octanol–water partition coefficient (Wildman–Crippen LogP) is 3.01. The zero-order chi connectivity index (χ0) is 19.1. The Morgan fingerprint density at radius 1 is 1.15 bits per heavy atom. The van der Waals surface area contributed by atoms with Gasteiger partial charge >= 0.3 is 11.9 Å². The second-order valence-electron chi connectivity index (χ2n) is 5.41. The molecule has 0 amide bonds. The molecule has 0 bridgehead atoms. The number of hydrogen-bond donors (Lipinski definition) is 0. The van der Waals surface area contributed by atoms with E-state index in [2.05, 4.69) is 9.97 Å². The van der Waals surface area contributed by atoms with E-state index in [9.17, 15) is 9.59 Å². The molecule has 0 N–H and O–H groups in total. The molecule has 0 aliphatic heterocycles. The van der Waals surface area contributed by atoms with Crippen LogP contribution in [0.2, 0.25) is 0 Å². The zero-order valence-electron chi connectivity index (χ0n) is 14.9. The lowest BCUT2D eigenvalue weighted by Crippen LogP contribution is -2.17. The Balaban J connectivity index is 2.70. The minimum absolute atomic E-state index is 0.0378. The molecule has 0 saturated heterocycles. The standard InChI is InChI=1S/C19H19N3O4/c1-4-25-18(23)15-12(2)22-13(3)16(19(24)26-10-6-8-20)17(15)14-7-5-9-21-11-14/h5,7,9,11H,4,6,10H2,1-3H3. The first kappa shape index (κ1) is 19.1. The Labute approximate surface area is 151 Å². The van der Waals surface area contributed by atoms with Gasteiger partial charge in [-0.25, -0.2) is 9.59 Å². The minimum Gasteiger partial charge on any atom is -0.462 e. The predicted molar refractivity (Wildman–Crippen MR) is 93.4 cm³/mol.